The third-order valence-corrected chi connectivity index (χ3v) is 3.97. The molecule has 0 aromatic heterocycles. The number of nitrogens with one attached hydrogen (secondary N) is 1. The molecule has 0 saturated heterocycles. The van der Waals surface area contributed by atoms with Gasteiger partial charge >= 0.3 is 5.97 Å². The summed E-state index contributed by atoms with van der Waals surface area (Å²) in [5.41, 5.74) is 0. The molecule has 0 bridgehead atoms. The SMILES string of the molecule is CC(=O)NC(CSCCOc1c(Cl)cccc1Cl)C(=O)O. The minimum Gasteiger partial charge on any atom is -0.490 e. The highest BCUT2D eigenvalue weighted by atomic mass is 35.5. The normalized spacial score (nSPS) is 11.8. The average molecular weight is 352 g/mol. The summed E-state index contributed by atoms with van der Waals surface area (Å²) in [7, 11) is 0. The van der Waals surface area contributed by atoms with Gasteiger partial charge in [0.2, 0.25) is 5.91 Å². The zero-order chi connectivity index (χ0) is 15.8. The Kier molecular flexibility index (Phi) is 7.71. The van der Waals surface area contributed by atoms with E-state index in [0.29, 0.717) is 28.2 Å². The molecule has 116 valence electrons. The Morgan fingerprint density at radius 1 is 1.38 bits per heavy atom. The summed E-state index contributed by atoms with van der Waals surface area (Å²) in [5.74, 6) is -0.215. The van der Waals surface area contributed by atoms with Crippen LogP contribution >= 0.6 is 35.0 Å². The first-order chi connectivity index (χ1) is 9.91. The van der Waals surface area contributed by atoms with E-state index >= 15 is 0 Å². The first kappa shape index (κ1) is 17.9. The second-order valence-corrected chi connectivity index (χ2v) is 6.03. The molecule has 1 aromatic carbocycles. The van der Waals surface area contributed by atoms with Gasteiger partial charge in [-0.25, -0.2) is 4.79 Å². The molecule has 1 atom stereocenters. The van der Waals surface area contributed by atoms with E-state index < -0.39 is 12.0 Å². The van der Waals surface area contributed by atoms with Gasteiger partial charge < -0.3 is 15.2 Å². The lowest BCUT2D eigenvalue weighted by Gasteiger charge is -2.13. The summed E-state index contributed by atoms with van der Waals surface area (Å²) in [4.78, 5) is 21.8. The molecule has 0 saturated carbocycles. The molecule has 0 heterocycles. The molecule has 0 fully saturated rings. The molecule has 0 aliphatic heterocycles. The Morgan fingerprint density at radius 2 is 2.00 bits per heavy atom. The monoisotopic (exact) mass is 351 g/mol. The van der Waals surface area contributed by atoms with E-state index in [2.05, 4.69) is 5.32 Å². The number of para-hydroxylation sites is 1. The van der Waals surface area contributed by atoms with Gasteiger partial charge in [-0.3, -0.25) is 4.79 Å². The number of amides is 1. The summed E-state index contributed by atoms with van der Waals surface area (Å²) >= 11 is 13.3. The highest BCUT2D eigenvalue weighted by Crippen LogP contribution is 2.32. The van der Waals surface area contributed by atoms with Crippen molar-refractivity contribution in [2.45, 2.75) is 13.0 Å². The number of carboxylic acid groups (broad SMARTS) is 1. The third kappa shape index (κ3) is 6.46. The number of carbonyl (C=O) groups excluding carboxylic acids is 1. The number of hydrogen-bond acceptors (Lipinski definition) is 4. The van der Waals surface area contributed by atoms with Crippen LogP contribution in [-0.4, -0.2) is 41.1 Å². The zero-order valence-electron chi connectivity index (χ0n) is 11.3. The number of benzene rings is 1. The van der Waals surface area contributed by atoms with Crippen LogP contribution < -0.4 is 10.1 Å². The molecule has 1 amide bonds. The summed E-state index contributed by atoms with van der Waals surface area (Å²) in [6.07, 6.45) is 0. The maximum atomic E-state index is 10.9. The maximum absolute atomic E-state index is 10.9. The molecular weight excluding hydrogens is 337 g/mol. The standard InChI is InChI=1S/C13H15Cl2NO4S/c1-8(17)16-11(13(18)19)7-21-6-5-20-12-9(14)3-2-4-10(12)15/h2-4,11H,5-7H2,1H3,(H,16,17)(H,18,19). The van der Waals surface area contributed by atoms with Crippen LogP contribution in [0.2, 0.25) is 10.0 Å². The highest BCUT2D eigenvalue weighted by Gasteiger charge is 2.17. The third-order valence-electron chi connectivity index (χ3n) is 2.35. The smallest absolute Gasteiger partial charge is 0.327 e. The maximum Gasteiger partial charge on any atom is 0.327 e. The number of hydrogen-bond donors (Lipinski definition) is 2. The van der Waals surface area contributed by atoms with Crippen LogP contribution in [0.1, 0.15) is 6.92 Å². The van der Waals surface area contributed by atoms with Crippen LogP contribution in [0.15, 0.2) is 18.2 Å². The topological polar surface area (TPSA) is 75.6 Å². The van der Waals surface area contributed by atoms with Gasteiger partial charge in [-0.05, 0) is 12.1 Å². The molecule has 8 heteroatoms. The van der Waals surface area contributed by atoms with Gasteiger partial charge in [0.05, 0.1) is 16.7 Å². The van der Waals surface area contributed by atoms with Crippen molar-refractivity contribution in [2.24, 2.45) is 0 Å². The first-order valence-corrected chi connectivity index (χ1v) is 7.97. The van der Waals surface area contributed by atoms with Crippen LogP contribution in [0.25, 0.3) is 0 Å². The van der Waals surface area contributed by atoms with Crippen molar-refractivity contribution in [3.8, 4) is 5.75 Å². The molecular formula is C13H15Cl2NO4S. The fourth-order valence-corrected chi connectivity index (χ4v) is 2.78. The number of carboxylic acids is 1. The van der Waals surface area contributed by atoms with Gasteiger partial charge in [-0.1, -0.05) is 29.3 Å². The van der Waals surface area contributed by atoms with Crippen LogP contribution in [0.5, 0.6) is 5.75 Å². The summed E-state index contributed by atoms with van der Waals surface area (Å²) in [6, 6.07) is 4.16. The Hall–Kier alpha value is -1.11. The Morgan fingerprint density at radius 3 is 2.52 bits per heavy atom. The Bertz CT molecular complexity index is 493. The number of thioether (sulfide) groups is 1. The lowest BCUT2D eigenvalue weighted by Crippen LogP contribution is -2.41. The van der Waals surface area contributed by atoms with E-state index in [9.17, 15) is 9.59 Å². The van der Waals surface area contributed by atoms with Crippen molar-refractivity contribution in [2.75, 3.05) is 18.1 Å². The van der Waals surface area contributed by atoms with Gasteiger partial charge in [0.15, 0.2) is 5.75 Å². The second-order valence-electron chi connectivity index (χ2n) is 4.07. The molecule has 21 heavy (non-hydrogen) atoms. The average Bonchev–Trinajstić information content (AvgIpc) is 2.39. The second kappa shape index (κ2) is 9.02. The van der Waals surface area contributed by atoms with E-state index in [1.54, 1.807) is 18.2 Å². The lowest BCUT2D eigenvalue weighted by molar-refractivity contribution is -0.140. The fourth-order valence-electron chi connectivity index (χ4n) is 1.44. The predicted molar refractivity (Wildman–Crippen MR) is 84.5 cm³/mol. The largest absolute Gasteiger partial charge is 0.490 e. The molecule has 5 nitrogen and oxygen atoms in total. The van der Waals surface area contributed by atoms with Crippen LogP contribution in [0.4, 0.5) is 0 Å². The fraction of sp³-hybridized carbons (Fsp3) is 0.385. The molecule has 1 aromatic rings. The van der Waals surface area contributed by atoms with Crippen LogP contribution in [0, 0.1) is 0 Å². The number of halogens is 2. The lowest BCUT2D eigenvalue weighted by atomic mass is 10.3. The van der Waals surface area contributed by atoms with Gasteiger partial charge in [0, 0.05) is 18.4 Å². The molecule has 0 aliphatic rings. The van der Waals surface area contributed by atoms with Crippen molar-refractivity contribution < 1.29 is 19.4 Å². The number of carbonyl (C=O) groups is 2. The molecule has 0 radical (unpaired) electrons. The van der Waals surface area contributed by atoms with Crippen molar-refractivity contribution in [1.82, 2.24) is 5.32 Å². The van der Waals surface area contributed by atoms with Crippen molar-refractivity contribution in [3.05, 3.63) is 28.2 Å². The van der Waals surface area contributed by atoms with E-state index in [-0.39, 0.29) is 11.7 Å². The van der Waals surface area contributed by atoms with E-state index in [4.69, 9.17) is 33.0 Å². The van der Waals surface area contributed by atoms with Crippen LogP contribution in [-0.2, 0) is 9.59 Å². The number of rotatable bonds is 8. The Balaban J connectivity index is 2.34. The number of ether oxygens (including phenoxy) is 1. The Labute approximate surface area is 136 Å². The predicted octanol–water partition coefficient (Wildman–Crippen LogP) is 2.69. The van der Waals surface area contributed by atoms with Gasteiger partial charge in [0.1, 0.15) is 6.04 Å². The minimum absolute atomic E-state index is 0.258. The van der Waals surface area contributed by atoms with E-state index in [1.807, 2.05) is 0 Å². The molecule has 0 aliphatic carbocycles. The quantitative estimate of drug-likeness (QED) is 0.704. The molecule has 1 unspecified atom stereocenters. The molecule has 1 rings (SSSR count). The summed E-state index contributed by atoms with van der Waals surface area (Å²) in [5, 5.41) is 12.1. The highest BCUT2D eigenvalue weighted by molar-refractivity contribution is 7.99. The van der Waals surface area contributed by atoms with Crippen molar-refractivity contribution >= 4 is 46.8 Å². The zero-order valence-corrected chi connectivity index (χ0v) is 13.6. The van der Waals surface area contributed by atoms with E-state index in [0.717, 1.165) is 0 Å². The minimum atomic E-state index is -1.06. The number of aliphatic carboxylic acids is 1. The van der Waals surface area contributed by atoms with Crippen molar-refractivity contribution in [3.63, 3.8) is 0 Å². The van der Waals surface area contributed by atoms with Crippen molar-refractivity contribution in [1.29, 1.82) is 0 Å². The van der Waals surface area contributed by atoms with Gasteiger partial charge in [-0.15, -0.1) is 0 Å². The van der Waals surface area contributed by atoms with Crippen LogP contribution in [0.3, 0.4) is 0 Å². The molecule has 0 spiro atoms. The van der Waals surface area contributed by atoms with E-state index in [1.165, 1.54) is 18.7 Å². The van der Waals surface area contributed by atoms with Gasteiger partial charge in [0.25, 0.3) is 0 Å². The first-order valence-electron chi connectivity index (χ1n) is 6.06. The summed E-state index contributed by atoms with van der Waals surface area (Å²) in [6.45, 7) is 1.61. The van der Waals surface area contributed by atoms with Gasteiger partial charge in [-0.2, -0.15) is 11.8 Å². The summed E-state index contributed by atoms with van der Waals surface area (Å²) < 4.78 is 5.47. The molecule has 2 N–H and O–H groups in total.